The molecule has 0 radical (unpaired) electrons. The first-order chi connectivity index (χ1) is 24.0. The minimum atomic E-state index is -1.30. The van der Waals surface area contributed by atoms with Crippen molar-refractivity contribution in [3.8, 4) is 22.3 Å². The van der Waals surface area contributed by atoms with Crippen molar-refractivity contribution in [2.45, 2.75) is 51.5 Å². The summed E-state index contributed by atoms with van der Waals surface area (Å²) in [5, 5.41) is 31.3. The number of halogens is 2. The highest BCUT2D eigenvalue weighted by atomic mass is 19.1. The van der Waals surface area contributed by atoms with E-state index < -0.39 is 42.1 Å². The van der Waals surface area contributed by atoms with Gasteiger partial charge in [-0.3, -0.25) is 14.4 Å². The predicted molar refractivity (Wildman–Crippen MR) is 188 cm³/mol. The summed E-state index contributed by atoms with van der Waals surface area (Å²) in [6.45, 7) is 3.82. The quantitative estimate of drug-likeness (QED) is 0.102. The van der Waals surface area contributed by atoms with Crippen LogP contribution in [0.4, 0.5) is 14.5 Å². The number of hydroxylamine groups is 1. The zero-order valence-corrected chi connectivity index (χ0v) is 27.6. The largest absolute Gasteiger partial charge is 0.481 e. The molecule has 5 aromatic rings. The maximum absolute atomic E-state index is 15.1. The van der Waals surface area contributed by atoms with E-state index in [1.165, 1.54) is 35.4 Å². The van der Waals surface area contributed by atoms with Crippen LogP contribution in [0.2, 0.25) is 0 Å². The van der Waals surface area contributed by atoms with Crippen LogP contribution in [0.25, 0.3) is 28.3 Å². The molecule has 8 nitrogen and oxygen atoms in total. The van der Waals surface area contributed by atoms with Crippen LogP contribution in [-0.2, 0) is 16.2 Å². The maximum atomic E-state index is 15.1. The van der Waals surface area contributed by atoms with Crippen molar-refractivity contribution in [2.75, 3.05) is 5.06 Å². The fraction of sp³-hybridized carbons (Fsp3) is 0.200. The van der Waals surface area contributed by atoms with Gasteiger partial charge in [0.15, 0.2) is 0 Å². The SMILES string of the molecule is CC(C)n1c(C=C[C@@H](O)C[C@@H](O)CC(=O)O)c(-c2ccc(F)cc2)c(-c2ccc(F)cc2)c1C(=O)N(OCc1ccccc1)c1ccccc1. The van der Waals surface area contributed by atoms with Crippen LogP contribution in [-0.4, -0.2) is 44.0 Å². The molecule has 258 valence electrons. The average Bonchev–Trinajstić information content (AvgIpc) is 3.44. The number of aliphatic hydroxyl groups is 2. The Morgan fingerprint density at radius 3 is 1.88 bits per heavy atom. The number of carbonyl (C=O) groups excluding carboxylic acids is 1. The molecule has 0 saturated carbocycles. The lowest BCUT2D eigenvalue weighted by Crippen LogP contribution is -2.33. The average molecular weight is 681 g/mol. The summed E-state index contributed by atoms with van der Waals surface area (Å²) in [4.78, 5) is 32.4. The summed E-state index contributed by atoms with van der Waals surface area (Å²) in [5.74, 6) is -2.69. The second-order valence-electron chi connectivity index (χ2n) is 12.1. The van der Waals surface area contributed by atoms with E-state index in [4.69, 9.17) is 9.94 Å². The number of carboxylic acid groups (broad SMARTS) is 1. The second-order valence-corrected chi connectivity index (χ2v) is 12.1. The zero-order valence-electron chi connectivity index (χ0n) is 27.6. The third kappa shape index (κ3) is 8.59. The lowest BCUT2D eigenvalue weighted by Gasteiger charge is -2.25. The maximum Gasteiger partial charge on any atom is 0.305 e. The van der Waals surface area contributed by atoms with Crippen LogP contribution in [0, 0.1) is 11.6 Å². The van der Waals surface area contributed by atoms with Gasteiger partial charge in [0.1, 0.15) is 23.9 Å². The molecular formula is C40H38F2N2O6. The Hall–Kier alpha value is -5.42. The Bertz CT molecular complexity index is 1930. The lowest BCUT2D eigenvalue weighted by atomic mass is 9.94. The minimum Gasteiger partial charge on any atom is -0.481 e. The predicted octanol–water partition coefficient (Wildman–Crippen LogP) is 8.06. The molecule has 0 aliphatic rings. The van der Waals surface area contributed by atoms with Gasteiger partial charge in [0.2, 0.25) is 0 Å². The molecule has 0 bridgehead atoms. The Morgan fingerprint density at radius 2 is 1.34 bits per heavy atom. The first kappa shape index (κ1) is 35.9. The van der Waals surface area contributed by atoms with Crippen molar-refractivity contribution in [3.05, 3.63) is 144 Å². The normalized spacial score (nSPS) is 12.7. The standard InChI is InChI=1S/C40H38F2N2O6/c1-26(2)43-35(22-21-33(45)23-34(46)24-36(47)48)37(28-13-17-30(41)18-14-28)38(29-15-19-31(42)20-16-29)39(43)40(49)44(32-11-7-4-8-12-32)50-25-27-9-5-3-6-10-27/h3-22,26,33-34,45-46H,23-25H2,1-2H3,(H,47,48)/t33-,34-/m1/s1. The molecule has 0 fully saturated rings. The van der Waals surface area contributed by atoms with Crippen LogP contribution in [0.1, 0.15) is 54.5 Å². The summed E-state index contributed by atoms with van der Waals surface area (Å²) in [6.07, 6.45) is -0.324. The van der Waals surface area contributed by atoms with Crippen molar-refractivity contribution in [2.24, 2.45) is 0 Å². The van der Waals surface area contributed by atoms with Crippen molar-refractivity contribution < 1.29 is 38.5 Å². The monoisotopic (exact) mass is 680 g/mol. The Kier molecular flexibility index (Phi) is 11.7. The van der Waals surface area contributed by atoms with E-state index in [0.717, 1.165) is 5.56 Å². The van der Waals surface area contributed by atoms with Gasteiger partial charge in [-0.2, -0.15) is 5.06 Å². The number of carboxylic acids is 1. The van der Waals surface area contributed by atoms with Gasteiger partial charge in [-0.05, 0) is 73.0 Å². The van der Waals surface area contributed by atoms with Gasteiger partial charge in [-0.25, -0.2) is 8.78 Å². The number of rotatable bonds is 14. The number of aliphatic hydroxyl groups excluding tert-OH is 2. The number of carbonyl (C=O) groups is 2. The topological polar surface area (TPSA) is 112 Å². The lowest BCUT2D eigenvalue weighted by molar-refractivity contribution is -0.139. The fourth-order valence-corrected chi connectivity index (χ4v) is 5.79. The third-order valence-corrected chi connectivity index (χ3v) is 8.01. The van der Waals surface area contributed by atoms with Gasteiger partial charge in [-0.15, -0.1) is 0 Å². The van der Waals surface area contributed by atoms with Crippen molar-refractivity contribution >= 4 is 23.6 Å². The first-order valence-corrected chi connectivity index (χ1v) is 16.2. The molecule has 3 N–H and O–H groups in total. The molecule has 0 spiro atoms. The highest BCUT2D eigenvalue weighted by molar-refractivity contribution is 6.12. The Labute approximate surface area is 289 Å². The second kappa shape index (κ2) is 16.3. The third-order valence-electron chi connectivity index (χ3n) is 8.01. The molecule has 1 heterocycles. The molecule has 5 rings (SSSR count). The van der Waals surface area contributed by atoms with E-state index in [-0.39, 0.29) is 24.8 Å². The number of nitrogens with zero attached hydrogens (tertiary/aromatic N) is 2. The smallest absolute Gasteiger partial charge is 0.305 e. The molecule has 2 atom stereocenters. The van der Waals surface area contributed by atoms with Crippen LogP contribution >= 0.6 is 0 Å². The number of hydrogen-bond donors (Lipinski definition) is 3. The van der Waals surface area contributed by atoms with E-state index in [0.29, 0.717) is 33.6 Å². The van der Waals surface area contributed by atoms with Crippen molar-refractivity contribution in [3.63, 3.8) is 0 Å². The Balaban J connectivity index is 1.76. The van der Waals surface area contributed by atoms with Gasteiger partial charge in [0.05, 0.1) is 24.3 Å². The van der Waals surface area contributed by atoms with Gasteiger partial charge in [0, 0.05) is 29.3 Å². The number of aliphatic carboxylic acids is 1. The summed E-state index contributed by atoms with van der Waals surface area (Å²) in [7, 11) is 0. The minimum absolute atomic E-state index is 0.0676. The zero-order chi connectivity index (χ0) is 35.8. The molecule has 0 saturated heterocycles. The highest BCUT2D eigenvalue weighted by Crippen LogP contribution is 2.43. The van der Waals surface area contributed by atoms with Gasteiger partial charge >= 0.3 is 5.97 Å². The van der Waals surface area contributed by atoms with Crippen LogP contribution in [0.5, 0.6) is 0 Å². The van der Waals surface area contributed by atoms with Gasteiger partial charge in [-0.1, -0.05) is 78.9 Å². The molecule has 0 aliphatic heterocycles. The summed E-state index contributed by atoms with van der Waals surface area (Å²) >= 11 is 0. The summed E-state index contributed by atoms with van der Waals surface area (Å²) in [6, 6.07) is 29.3. The number of anilines is 1. The van der Waals surface area contributed by atoms with E-state index in [1.807, 2.05) is 50.2 Å². The molecule has 1 amide bonds. The number of amides is 1. The highest BCUT2D eigenvalue weighted by Gasteiger charge is 2.33. The van der Waals surface area contributed by atoms with Crippen LogP contribution in [0.15, 0.2) is 115 Å². The molecular weight excluding hydrogens is 642 g/mol. The van der Waals surface area contributed by atoms with E-state index in [2.05, 4.69) is 0 Å². The molecule has 10 heteroatoms. The summed E-state index contributed by atoms with van der Waals surface area (Å²) in [5.41, 5.74) is 3.87. The van der Waals surface area contributed by atoms with Crippen molar-refractivity contribution in [1.29, 1.82) is 0 Å². The molecule has 50 heavy (non-hydrogen) atoms. The number of para-hydroxylation sites is 1. The Morgan fingerprint density at radius 1 is 0.800 bits per heavy atom. The number of benzene rings is 4. The van der Waals surface area contributed by atoms with E-state index in [9.17, 15) is 23.8 Å². The van der Waals surface area contributed by atoms with Gasteiger partial charge in [0.25, 0.3) is 5.91 Å². The molecule has 4 aromatic carbocycles. The molecule has 1 aromatic heterocycles. The molecule has 0 aliphatic carbocycles. The van der Waals surface area contributed by atoms with Crippen molar-refractivity contribution in [1.82, 2.24) is 4.57 Å². The number of hydrogen-bond acceptors (Lipinski definition) is 5. The summed E-state index contributed by atoms with van der Waals surface area (Å²) < 4.78 is 30.3. The first-order valence-electron chi connectivity index (χ1n) is 16.2. The van der Waals surface area contributed by atoms with E-state index in [1.54, 1.807) is 59.2 Å². The van der Waals surface area contributed by atoms with Crippen LogP contribution in [0.3, 0.4) is 0 Å². The van der Waals surface area contributed by atoms with Crippen LogP contribution < -0.4 is 5.06 Å². The molecule has 0 unspecified atom stereocenters. The fourth-order valence-electron chi connectivity index (χ4n) is 5.79. The van der Waals surface area contributed by atoms with Gasteiger partial charge < -0.3 is 19.9 Å². The number of aromatic nitrogens is 1. The van der Waals surface area contributed by atoms with E-state index >= 15 is 4.79 Å².